The molecule has 0 fully saturated rings. The molecule has 2 aromatic rings. The monoisotopic (exact) mass is 329 g/mol. The van der Waals surface area contributed by atoms with Crippen LogP contribution in [0.1, 0.15) is 11.4 Å². The van der Waals surface area contributed by atoms with Crippen molar-refractivity contribution in [3.63, 3.8) is 0 Å². The summed E-state index contributed by atoms with van der Waals surface area (Å²) in [5.41, 5.74) is 2.00. The number of aliphatic hydroxyl groups is 1. The van der Waals surface area contributed by atoms with E-state index in [4.69, 9.17) is 5.11 Å². The van der Waals surface area contributed by atoms with Gasteiger partial charge in [0, 0.05) is 29.5 Å². The van der Waals surface area contributed by atoms with Gasteiger partial charge in [-0.05, 0) is 6.42 Å². The minimum Gasteiger partial charge on any atom is -0.396 e. The van der Waals surface area contributed by atoms with E-state index in [0.717, 1.165) is 22.7 Å². The topological polar surface area (TPSA) is 74.2 Å². The van der Waals surface area contributed by atoms with Gasteiger partial charge >= 0.3 is 6.03 Å². The number of carbonyl (C=O) groups is 1. The number of amides is 2. The molecule has 0 saturated carbocycles. The normalized spacial score (nSPS) is 19.7. The van der Waals surface area contributed by atoms with Crippen LogP contribution in [0.3, 0.4) is 0 Å². The molecule has 23 heavy (non-hydrogen) atoms. The lowest BCUT2D eigenvalue weighted by atomic mass is 10.1. The van der Waals surface area contributed by atoms with Crippen LogP contribution in [0.2, 0.25) is 0 Å². The number of aromatic nitrogens is 1. The number of hydrogen-bond donors (Lipinski definition) is 3. The number of nitrogens with zero attached hydrogens (tertiary/aromatic N) is 1. The van der Waals surface area contributed by atoms with E-state index in [1.807, 2.05) is 47.9 Å². The van der Waals surface area contributed by atoms with Gasteiger partial charge in [-0.25, -0.2) is 9.78 Å². The zero-order valence-electron chi connectivity index (χ0n) is 12.6. The van der Waals surface area contributed by atoms with E-state index in [1.54, 1.807) is 0 Å². The summed E-state index contributed by atoms with van der Waals surface area (Å²) >= 11 is 1.53. The Kier molecular flexibility index (Phi) is 5.05. The highest BCUT2D eigenvalue weighted by Gasteiger charge is 2.19. The molecule has 6 heteroatoms. The number of hydrogen-bond acceptors (Lipinski definition) is 4. The van der Waals surface area contributed by atoms with Crippen molar-refractivity contribution in [1.29, 1.82) is 0 Å². The second-order valence-corrected chi connectivity index (χ2v) is 6.43. The highest BCUT2D eigenvalue weighted by molar-refractivity contribution is 7.09. The Morgan fingerprint density at radius 2 is 2.13 bits per heavy atom. The fourth-order valence-corrected chi connectivity index (χ4v) is 3.27. The molecule has 1 aliphatic rings. The molecule has 0 aliphatic heterocycles. The Morgan fingerprint density at radius 1 is 1.30 bits per heavy atom. The van der Waals surface area contributed by atoms with Gasteiger partial charge in [0.1, 0.15) is 5.01 Å². The van der Waals surface area contributed by atoms with Crippen LogP contribution >= 0.6 is 11.3 Å². The summed E-state index contributed by atoms with van der Waals surface area (Å²) in [5.74, 6) is 0.146. The molecule has 2 amide bonds. The van der Waals surface area contributed by atoms with Crippen LogP contribution in [0, 0.1) is 5.92 Å². The molecule has 1 aromatic heterocycles. The molecule has 5 nitrogen and oxygen atoms in total. The molecule has 1 aromatic carbocycles. The second kappa shape index (κ2) is 7.39. The average molecular weight is 329 g/mol. The van der Waals surface area contributed by atoms with Crippen molar-refractivity contribution >= 4 is 17.4 Å². The predicted octanol–water partition coefficient (Wildman–Crippen LogP) is 2.55. The number of nitrogens with one attached hydrogen (secondary N) is 2. The number of benzene rings is 1. The minimum atomic E-state index is -0.213. The minimum absolute atomic E-state index is 0.0108. The van der Waals surface area contributed by atoms with Crippen molar-refractivity contribution in [3.8, 4) is 11.3 Å². The quantitative estimate of drug-likeness (QED) is 0.738. The van der Waals surface area contributed by atoms with E-state index in [9.17, 15) is 4.79 Å². The molecule has 3 N–H and O–H groups in total. The molecule has 0 spiro atoms. The van der Waals surface area contributed by atoms with Crippen LogP contribution in [0.15, 0.2) is 47.9 Å². The van der Waals surface area contributed by atoms with Crippen molar-refractivity contribution in [2.24, 2.45) is 5.92 Å². The van der Waals surface area contributed by atoms with Crippen molar-refractivity contribution in [1.82, 2.24) is 15.6 Å². The van der Waals surface area contributed by atoms with E-state index < -0.39 is 0 Å². The molecule has 2 atom stereocenters. The molecule has 0 radical (unpaired) electrons. The zero-order chi connectivity index (χ0) is 16.1. The Balaban J connectivity index is 1.48. The summed E-state index contributed by atoms with van der Waals surface area (Å²) in [4.78, 5) is 16.4. The second-order valence-electron chi connectivity index (χ2n) is 5.49. The highest BCUT2D eigenvalue weighted by Crippen LogP contribution is 2.21. The molecule has 0 saturated heterocycles. The highest BCUT2D eigenvalue weighted by atomic mass is 32.1. The molecule has 1 aliphatic carbocycles. The third kappa shape index (κ3) is 4.18. The largest absolute Gasteiger partial charge is 0.396 e. The Hall–Kier alpha value is -2.18. The molecule has 0 unspecified atom stereocenters. The van der Waals surface area contributed by atoms with Gasteiger partial charge in [0.15, 0.2) is 0 Å². The summed E-state index contributed by atoms with van der Waals surface area (Å²) in [6.45, 7) is 0.529. The Labute approximate surface area is 139 Å². The van der Waals surface area contributed by atoms with Crippen LogP contribution in [-0.2, 0) is 6.54 Å². The van der Waals surface area contributed by atoms with Gasteiger partial charge in [-0.1, -0.05) is 42.5 Å². The van der Waals surface area contributed by atoms with Gasteiger partial charge in [0.2, 0.25) is 0 Å². The lowest BCUT2D eigenvalue weighted by Gasteiger charge is -2.13. The molecule has 120 valence electrons. The summed E-state index contributed by atoms with van der Waals surface area (Å²) in [6, 6.07) is 9.75. The number of rotatable bonds is 5. The van der Waals surface area contributed by atoms with Crippen molar-refractivity contribution < 1.29 is 9.90 Å². The maximum atomic E-state index is 11.9. The Bertz CT molecular complexity index is 684. The molecule has 1 heterocycles. The first-order chi connectivity index (χ1) is 11.2. The van der Waals surface area contributed by atoms with Crippen molar-refractivity contribution in [2.75, 3.05) is 6.61 Å². The lowest BCUT2D eigenvalue weighted by molar-refractivity contribution is 0.231. The van der Waals surface area contributed by atoms with Crippen LogP contribution in [-0.4, -0.2) is 28.8 Å². The van der Waals surface area contributed by atoms with E-state index in [1.165, 1.54) is 11.3 Å². The maximum absolute atomic E-state index is 11.9. The predicted molar refractivity (Wildman–Crippen MR) is 91.0 cm³/mol. The van der Waals surface area contributed by atoms with Crippen molar-refractivity contribution in [2.45, 2.75) is 19.0 Å². The van der Waals surface area contributed by atoms with E-state index >= 15 is 0 Å². The first-order valence-electron chi connectivity index (χ1n) is 7.58. The first kappa shape index (κ1) is 15.7. The Morgan fingerprint density at radius 3 is 2.87 bits per heavy atom. The van der Waals surface area contributed by atoms with Crippen LogP contribution in [0.4, 0.5) is 4.79 Å². The summed E-state index contributed by atoms with van der Waals surface area (Å²) < 4.78 is 0. The summed E-state index contributed by atoms with van der Waals surface area (Å²) in [7, 11) is 0. The van der Waals surface area contributed by atoms with Gasteiger partial charge in [-0.3, -0.25) is 0 Å². The third-order valence-corrected chi connectivity index (χ3v) is 4.59. The smallest absolute Gasteiger partial charge is 0.315 e. The van der Waals surface area contributed by atoms with Crippen molar-refractivity contribution in [3.05, 3.63) is 52.9 Å². The molecule has 3 rings (SSSR count). The lowest BCUT2D eigenvalue weighted by Crippen LogP contribution is -2.40. The van der Waals surface area contributed by atoms with Gasteiger partial charge in [0.25, 0.3) is 0 Å². The standard InChI is InChI=1S/C17H19N3O2S/c21-10-12-6-7-14(8-12)19-17(22)18-9-16-20-15(11-23-16)13-4-2-1-3-5-13/h1-7,11-12,14,21H,8-10H2,(H2,18,19,22)/t12-,14+/m0/s1. The molecular formula is C17H19N3O2S. The maximum Gasteiger partial charge on any atom is 0.315 e. The summed E-state index contributed by atoms with van der Waals surface area (Å²) in [5, 5.41) is 17.7. The fraction of sp³-hybridized carbons (Fsp3) is 0.294. The van der Waals surface area contributed by atoms with Gasteiger partial charge in [-0.2, -0.15) is 0 Å². The van der Waals surface area contributed by atoms with Gasteiger partial charge in [0.05, 0.1) is 12.2 Å². The molecule has 0 bridgehead atoms. The van der Waals surface area contributed by atoms with Crippen LogP contribution < -0.4 is 10.6 Å². The SMILES string of the molecule is O=C(NCc1nc(-c2ccccc2)cs1)N[C@@H]1C=C[C@H](CO)C1. The summed E-state index contributed by atoms with van der Waals surface area (Å²) in [6.07, 6.45) is 4.62. The fourth-order valence-electron chi connectivity index (χ4n) is 2.53. The van der Waals surface area contributed by atoms with E-state index in [-0.39, 0.29) is 24.6 Å². The first-order valence-corrected chi connectivity index (χ1v) is 8.46. The van der Waals surface area contributed by atoms with Gasteiger partial charge < -0.3 is 15.7 Å². The third-order valence-electron chi connectivity index (χ3n) is 3.74. The van der Waals surface area contributed by atoms with Gasteiger partial charge in [-0.15, -0.1) is 11.3 Å². The molecular weight excluding hydrogens is 310 g/mol. The van der Waals surface area contributed by atoms with Crippen LogP contribution in [0.5, 0.6) is 0 Å². The number of carbonyl (C=O) groups excluding carboxylic acids is 1. The zero-order valence-corrected chi connectivity index (χ0v) is 13.4. The number of thiazole rings is 1. The number of urea groups is 1. The van der Waals surface area contributed by atoms with Crippen LogP contribution in [0.25, 0.3) is 11.3 Å². The average Bonchev–Trinajstić information content (AvgIpc) is 3.23. The van der Waals surface area contributed by atoms with E-state index in [2.05, 4.69) is 15.6 Å². The van der Waals surface area contributed by atoms with E-state index in [0.29, 0.717) is 6.54 Å². The number of aliphatic hydroxyl groups excluding tert-OH is 1.